The lowest BCUT2D eigenvalue weighted by atomic mass is 10.3. The molecule has 1 amide bonds. The van der Waals surface area contributed by atoms with Crippen LogP contribution in [0.3, 0.4) is 0 Å². The van der Waals surface area contributed by atoms with Crippen LogP contribution in [0.2, 0.25) is 0 Å². The Labute approximate surface area is 169 Å². The van der Waals surface area contributed by atoms with Gasteiger partial charge in [0.05, 0.1) is 9.90 Å². The maximum atomic E-state index is 12.8. The Hall–Kier alpha value is -1.52. The van der Waals surface area contributed by atoms with E-state index in [9.17, 15) is 13.2 Å². The molecule has 0 atom stereocenters. The van der Waals surface area contributed by atoms with Crippen LogP contribution in [0, 0.1) is 0 Å². The van der Waals surface area contributed by atoms with E-state index in [0.717, 1.165) is 5.01 Å². The quantitative estimate of drug-likeness (QED) is 0.777. The van der Waals surface area contributed by atoms with Gasteiger partial charge in [0, 0.05) is 38.0 Å². The van der Waals surface area contributed by atoms with Crippen molar-refractivity contribution in [1.82, 2.24) is 14.2 Å². The summed E-state index contributed by atoms with van der Waals surface area (Å²) in [6.07, 6.45) is 1.25. The van der Waals surface area contributed by atoms with Crippen LogP contribution in [0.4, 0.5) is 0 Å². The summed E-state index contributed by atoms with van der Waals surface area (Å²) in [6.45, 7) is 2.05. The summed E-state index contributed by atoms with van der Waals surface area (Å²) in [5.41, 5.74) is 5.94. The average Bonchev–Trinajstić information content (AvgIpc) is 2.97. The molecule has 10 heteroatoms. The zero-order chi connectivity index (χ0) is 18.6. The van der Waals surface area contributed by atoms with E-state index in [1.54, 1.807) is 40.6 Å². The van der Waals surface area contributed by atoms with E-state index in [1.807, 2.05) is 0 Å². The van der Waals surface area contributed by atoms with Gasteiger partial charge < -0.3 is 10.6 Å². The highest BCUT2D eigenvalue weighted by Gasteiger charge is 2.29. The second-order valence-electron chi connectivity index (χ2n) is 6.03. The highest BCUT2D eigenvalue weighted by molar-refractivity contribution is 7.89. The molecule has 1 aliphatic heterocycles. The van der Waals surface area contributed by atoms with Gasteiger partial charge in [0.1, 0.15) is 5.69 Å². The van der Waals surface area contributed by atoms with Gasteiger partial charge in [-0.15, -0.1) is 23.7 Å². The van der Waals surface area contributed by atoms with Crippen LogP contribution < -0.4 is 5.73 Å². The van der Waals surface area contributed by atoms with Gasteiger partial charge in [-0.25, -0.2) is 13.4 Å². The van der Waals surface area contributed by atoms with E-state index in [2.05, 4.69) is 4.98 Å². The minimum absolute atomic E-state index is 0. The van der Waals surface area contributed by atoms with Crippen LogP contribution in [0.25, 0.3) is 0 Å². The summed E-state index contributed by atoms with van der Waals surface area (Å²) < 4.78 is 27.0. The highest BCUT2D eigenvalue weighted by Crippen LogP contribution is 2.19. The van der Waals surface area contributed by atoms with Gasteiger partial charge >= 0.3 is 0 Å². The molecule has 2 aromatic rings. The predicted molar refractivity (Wildman–Crippen MR) is 108 cm³/mol. The first kappa shape index (κ1) is 21.8. The van der Waals surface area contributed by atoms with Crippen LogP contribution in [-0.4, -0.2) is 61.2 Å². The van der Waals surface area contributed by atoms with Gasteiger partial charge in [-0.05, 0) is 25.1 Å². The van der Waals surface area contributed by atoms with Gasteiger partial charge in [-0.1, -0.05) is 18.2 Å². The third-order valence-corrected chi connectivity index (χ3v) is 7.07. The zero-order valence-corrected chi connectivity index (χ0v) is 17.2. The lowest BCUT2D eigenvalue weighted by Gasteiger charge is -2.21. The fourth-order valence-corrected chi connectivity index (χ4v) is 5.17. The first-order chi connectivity index (χ1) is 12.5. The molecule has 148 valence electrons. The predicted octanol–water partition coefficient (Wildman–Crippen LogP) is 1.60. The minimum Gasteiger partial charge on any atom is -0.336 e. The molecule has 0 radical (unpaired) electrons. The summed E-state index contributed by atoms with van der Waals surface area (Å²) in [7, 11) is -3.53. The van der Waals surface area contributed by atoms with E-state index in [-0.39, 0.29) is 29.8 Å². The summed E-state index contributed by atoms with van der Waals surface area (Å²) in [5.74, 6) is -0.150. The molecule has 0 aliphatic carbocycles. The molecule has 1 aromatic carbocycles. The molecular formula is C17H23ClN4O3S2. The first-order valence-corrected chi connectivity index (χ1v) is 10.8. The van der Waals surface area contributed by atoms with Crippen molar-refractivity contribution in [3.05, 3.63) is 46.4 Å². The summed E-state index contributed by atoms with van der Waals surface area (Å²) in [5, 5.41) is 2.59. The summed E-state index contributed by atoms with van der Waals surface area (Å²) >= 11 is 1.43. The molecule has 1 saturated heterocycles. The number of nitrogens with zero attached hydrogens (tertiary/aromatic N) is 3. The van der Waals surface area contributed by atoms with Crippen LogP contribution in [0.1, 0.15) is 21.9 Å². The topological polar surface area (TPSA) is 96.6 Å². The Kier molecular flexibility index (Phi) is 7.75. The maximum absolute atomic E-state index is 12.8. The molecule has 1 aromatic heterocycles. The van der Waals surface area contributed by atoms with Crippen molar-refractivity contribution in [3.63, 3.8) is 0 Å². The van der Waals surface area contributed by atoms with Crippen molar-refractivity contribution in [2.75, 3.05) is 32.7 Å². The third-order valence-electron chi connectivity index (χ3n) is 4.25. The fraction of sp³-hybridized carbons (Fsp3) is 0.412. The fourth-order valence-electron chi connectivity index (χ4n) is 2.89. The molecule has 0 bridgehead atoms. The monoisotopic (exact) mass is 430 g/mol. The second-order valence-corrected chi connectivity index (χ2v) is 8.91. The van der Waals surface area contributed by atoms with E-state index < -0.39 is 10.0 Å². The van der Waals surface area contributed by atoms with Gasteiger partial charge in [0.25, 0.3) is 5.91 Å². The molecule has 1 aliphatic rings. The molecular weight excluding hydrogens is 408 g/mol. The summed E-state index contributed by atoms with van der Waals surface area (Å²) in [4.78, 5) is 19.0. The van der Waals surface area contributed by atoms with Gasteiger partial charge in [-0.3, -0.25) is 4.79 Å². The molecule has 2 N–H and O–H groups in total. The Morgan fingerprint density at radius 2 is 1.89 bits per heavy atom. The van der Waals surface area contributed by atoms with Crippen molar-refractivity contribution in [1.29, 1.82) is 0 Å². The molecule has 7 nitrogen and oxygen atoms in total. The number of benzene rings is 1. The van der Waals surface area contributed by atoms with E-state index >= 15 is 0 Å². The van der Waals surface area contributed by atoms with Gasteiger partial charge in [-0.2, -0.15) is 4.31 Å². The van der Waals surface area contributed by atoms with Crippen LogP contribution in [-0.2, 0) is 16.4 Å². The normalized spacial score (nSPS) is 15.8. The minimum atomic E-state index is -3.53. The molecule has 0 saturated carbocycles. The van der Waals surface area contributed by atoms with Crippen molar-refractivity contribution in [2.45, 2.75) is 17.7 Å². The molecule has 2 heterocycles. The first-order valence-electron chi connectivity index (χ1n) is 8.51. The average molecular weight is 431 g/mol. The zero-order valence-electron chi connectivity index (χ0n) is 14.8. The number of hydrogen-bond donors (Lipinski definition) is 1. The van der Waals surface area contributed by atoms with Crippen LogP contribution >= 0.6 is 23.7 Å². The Morgan fingerprint density at radius 3 is 2.59 bits per heavy atom. The molecule has 0 unspecified atom stereocenters. The number of nitrogens with two attached hydrogens (primary N) is 1. The van der Waals surface area contributed by atoms with E-state index in [4.69, 9.17) is 5.73 Å². The number of carbonyl (C=O) groups is 1. The summed E-state index contributed by atoms with van der Waals surface area (Å²) in [6, 6.07) is 8.40. The lowest BCUT2D eigenvalue weighted by Crippen LogP contribution is -2.37. The second kappa shape index (κ2) is 9.61. The van der Waals surface area contributed by atoms with Gasteiger partial charge in [0.15, 0.2) is 0 Å². The van der Waals surface area contributed by atoms with Crippen LogP contribution in [0.5, 0.6) is 0 Å². The number of sulfonamides is 1. The number of halogens is 1. The van der Waals surface area contributed by atoms with Crippen LogP contribution in [0.15, 0.2) is 40.6 Å². The smallest absolute Gasteiger partial charge is 0.273 e. The van der Waals surface area contributed by atoms with Crippen molar-refractivity contribution in [3.8, 4) is 0 Å². The Bertz CT molecular complexity index is 858. The van der Waals surface area contributed by atoms with Gasteiger partial charge in [0.2, 0.25) is 10.0 Å². The molecule has 27 heavy (non-hydrogen) atoms. The number of amides is 1. The van der Waals surface area contributed by atoms with E-state index in [1.165, 1.54) is 15.6 Å². The SMILES string of the molecule is Cl.NCCc1nc(C(=O)N2CCCN(S(=O)(=O)c3ccccc3)CC2)cs1. The lowest BCUT2D eigenvalue weighted by molar-refractivity contribution is 0.0759. The number of hydrogen-bond acceptors (Lipinski definition) is 6. The van der Waals surface area contributed by atoms with Crippen molar-refractivity contribution >= 4 is 39.7 Å². The maximum Gasteiger partial charge on any atom is 0.273 e. The number of thiazole rings is 1. The Balaban J connectivity index is 0.00000261. The highest BCUT2D eigenvalue weighted by atomic mass is 35.5. The third kappa shape index (κ3) is 5.05. The Morgan fingerprint density at radius 1 is 1.15 bits per heavy atom. The number of aromatic nitrogens is 1. The molecule has 3 rings (SSSR count). The molecule has 0 spiro atoms. The number of rotatable bonds is 5. The molecule has 1 fully saturated rings. The van der Waals surface area contributed by atoms with Crippen molar-refractivity contribution < 1.29 is 13.2 Å². The number of carbonyl (C=O) groups excluding carboxylic acids is 1. The standard InChI is InChI=1S/C17H22N4O3S2.ClH/c18-8-7-16-19-15(13-25-16)17(22)20-9-4-10-21(12-11-20)26(23,24)14-5-2-1-3-6-14;/h1-3,5-6,13H,4,7-12,18H2;1H. The largest absolute Gasteiger partial charge is 0.336 e. The van der Waals surface area contributed by atoms with E-state index in [0.29, 0.717) is 44.7 Å². The van der Waals surface area contributed by atoms with Crippen molar-refractivity contribution in [2.24, 2.45) is 5.73 Å².